The number of β-amino-alcohol motifs (C(OH)–C–C–N with tert-alkyl or cyclic N) is 2. The molecule has 1 aromatic carbocycles. The van der Waals surface area contributed by atoms with E-state index in [2.05, 4.69) is 4.98 Å². The normalized spacial score (nSPS) is 23.4. The van der Waals surface area contributed by atoms with Gasteiger partial charge in [-0.3, -0.25) is 4.90 Å². The molecule has 0 unspecified atom stereocenters. The minimum atomic E-state index is -0.656. The third-order valence-electron chi connectivity index (χ3n) is 3.38. The van der Waals surface area contributed by atoms with Crippen molar-refractivity contribution in [3.63, 3.8) is 0 Å². The summed E-state index contributed by atoms with van der Waals surface area (Å²) in [5.74, 6) is 0. The van der Waals surface area contributed by atoms with Crippen molar-refractivity contribution < 1.29 is 10.2 Å². The second kappa shape index (κ2) is 5.79. The number of halogens is 1. The Labute approximate surface area is 126 Å². The fourth-order valence-corrected chi connectivity index (χ4v) is 3.47. The minimum Gasteiger partial charge on any atom is -0.389 e. The lowest BCUT2D eigenvalue weighted by Crippen LogP contribution is -2.22. The first kappa shape index (κ1) is 14.0. The van der Waals surface area contributed by atoms with Crippen LogP contribution in [0.4, 0.5) is 0 Å². The van der Waals surface area contributed by atoms with Crippen LogP contribution in [0.15, 0.2) is 29.6 Å². The zero-order chi connectivity index (χ0) is 14.1. The Bertz CT molecular complexity index is 594. The predicted octanol–water partition coefficient (Wildman–Crippen LogP) is 2.00. The lowest BCUT2D eigenvalue weighted by atomic mass is 10.2. The summed E-state index contributed by atoms with van der Waals surface area (Å²) in [6.07, 6.45) is -1.31. The fraction of sp³-hybridized carbons (Fsp3) is 0.357. The van der Waals surface area contributed by atoms with Gasteiger partial charge in [-0.15, -0.1) is 11.3 Å². The van der Waals surface area contributed by atoms with Crippen molar-refractivity contribution in [1.29, 1.82) is 0 Å². The summed E-state index contributed by atoms with van der Waals surface area (Å²) in [6.45, 7) is 1.61. The van der Waals surface area contributed by atoms with Crippen LogP contribution in [0.25, 0.3) is 10.6 Å². The van der Waals surface area contributed by atoms with Gasteiger partial charge in [0.15, 0.2) is 0 Å². The zero-order valence-corrected chi connectivity index (χ0v) is 12.3. The van der Waals surface area contributed by atoms with Crippen LogP contribution in [0.2, 0.25) is 5.02 Å². The van der Waals surface area contributed by atoms with Gasteiger partial charge in [-0.2, -0.15) is 0 Å². The van der Waals surface area contributed by atoms with E-state index in [0.717, 1.165) is 16.3 Å². The summed E-state index contributed by atoms with van der Waals surface area (Å²) in [4.78, 5) is 6.58. The number of benzene rings is 1. The summed E-state index contributed by atoms with van der Waals surface area (Å²) >= 11 is 7.72. The van der Waals surface area contributed by atoms with Crippen molar-refractivity contribution in [1.82, 2.24) is 9.88 Å². The Kier molecular flexibility index (Phi) is 4.05. The Hall–Kier alpha value is -0.980. The van der Waals surface area contributed by atoms with Gasteiger partial charge in [0.05, 0.1) is 22.9 Å². The number of hydrogen-bond acceptors (Lipinski definition) is 5. The van der Waals surface area contributed by atoms with Crippen molar-refractivity contribution in [2.24, 2.45) is 0 Å². The third kappa shape index (κ3) is 2.87. The summed E-state index contributed by atoms with van der Waals surface area (Å²) in [5.41, 5.74) is 1.87. The average molecular weight is 311 g/mol. The molecule has 1 aliphatic rings. The molecular weight excluding hydrogens is 296 g/mol. The molecule has 106 valence electrons. The molecule has 0 aliphatic carbocycles. The molecule has 0 amide bonds. The van der Waals surface area contributed by atoms with Crippen LogP contribution in [0.1, 0.15) is 5.69 Å². The van der Waals surface area contributed by atoms with Gasteiger partial charge in [-0.05, 0) is 6.07 Å². The van der Waals surface area contributed by atoms with E-state index >= 15 is 0 Å². The maximum Gasteiger partial charge on any atom is 0.125 e. The number of thiazole rings is 1. The first-order chi connectivity index (χ1) is 9.63. The Morgan fingerprint density at radius 1 is 1.25 bits per heavy atom. The van der Waals surface area contributed by atoms with Crippen molar-refractivity contribution in [3.05, 3.63) is 40.4 Å². The minimum absolute atomic E-state index is 0.486. The first-order valence-corrected chi connectivity index (χ1v) is 7.67. The molecule has 0 saturated carbocycles. The number of nitrogens with zero attached hydrogens (tertiary/aromatic N) is 2. The van der Waals surface area contributed by atoms with E-state index in [4.69, 9.17) is 11.6 Å². The smallest absolute Gasteiger partial charge is 0.125 e. The Morgan fingerprint density at radius 2 is 1.95 bits per heavy atom. The van der Waals surface area contributed by atoms with Gasteiger partial charge in [0.2, 0.25) is 0 Å². The van der Waals surface area contributed by atoms with Gasteiger partial charge in [0.1, 0.15) is 5.01 Å². The second-order valence-corrected chi connectivity index (χ2v) is 6.22. The summed E-state index contributed by atoms with van der Waals surface area (Å²) in [6, 6.07) is 7.64. The highest BCUT2D eigenvalue weighted by molar-refractivity contribution is 7.13. The van der Waals surface area contributed by atoms with Crippen LogP contribution < -0.4 is 0 Å². The number of aliphatic hydroxyl groups excluding tert-OH is 2. The largest absolute Gasteiger partial charge is 0.389 e. The second-order valence-electron chi connectivity index (χ2n) is 4.95. The summed E-state index contributed by atoms with van der Waals surface area (Å²) < 4.78 is 0. The van der Waals surface area contributed by atoms with Crippen LogP contribution in [0.3, 0.4) is 0 Å². The highest BCUT2D eigenvalue weighted by Gasteiger charge is 2.29. The third-order valence-corrected chi connectivity index (χ3v) is 4.63. The molecule has 0 bridgehead atoms. The van der Waals surface area contributed by atoms with Crippen LogP contribution >= 0.6 is 22.9 Å². The fourth-order valence-electron chi connectivity index (χ4n) is 2.34. The summed E-state index contributed by atoms with van der Waals surface area (Å²) in [5, 5.41) is 22.7. The molecule has 1 saturated heterocycles. The molecule has 0 spiro atoms. The highest BCUT2D eigenvalue weighted by Crippen LogP contribution is 2.30. The maximum absolute atomic E-state index is 9.54. The quantitative estimate of drug-likeness (QED) is 0.910. The van der Waals surface area contributed by atoms with Gasteiger partial charge in [0, 0.05) is 30.6 Å². The maximum atomic E-state index is 9.54. The van der Waals surface area contributed by atoms with Gasteiger partial charge in [0.25, 0.3) is 0 Å². The van der Waals surface area contributed by atoms with E-state index in [1.54, 1.807) is 11.3 Å². The van der Waals surface area contributed by atoms with E-state index in [1.807, 2.05) is 34.5 Å². The van der Waals surface area contributed by atoms with E-state index in [0.29, 0.717) is 24.7 Å². The Balaban J connectivity index is 1.73. The lowest BCUT2D eigenvalue weighted by Gasteiger charge is -2.12. The molecule has 2 N–H and O–H groups in total. The van der Waals surface area contributed by atoms with E-state index in [1.165, 1.54) is 0 Å². The molecule has 1 aliphatic heterocycles. The van der Waals surface area contributed by atoms with Crippen LogP contribution in [-0.2, 0) is 6.54 Å². The van der Waals surface area contributed by atoms with Gasteiger partial charge >= 0.3 is 0 Å². The molecule has 2 heterocycles. The van der Waals surface area contributed by atoms with E-state index < -0.39 is 12.2 Å². The number of aromatic nitrogens is 1. The van der Waals surface area contributed by atoms with Gasteiger partial charge in [-0.25, -0.2) is 4.98 Å². The number of likely N-dealkylation sites (tertiary alicyclic amines) is 1. The van der Waals surface area contributed by atoms with Crippen LogP contribution in [0.5, 0.6) is 0 Å². The standard InChI is InChI=1S/C14H15ClN2O2S/c15-11-4-2-1-3-10(11)14-16-9(8-20-14)5-17-6-12(18)13(19)7-17/h1-4,8,12-13,18-19H,5-7H2/t12-,13+. The van der Waals surface area contributed by atoms with Crippen LogP contribution in [0, 0.1) is 0 Å². The highest BCUT2D eigenvalue weighted by atomic mass is 35.5. The number of hydrogen-bond donors (Lipinski definition) is 2. The molecule has 1 fully saturated rings. The van der Waals surface area contributed by atoms with Crippen LogP contribution in [-0.4, -0.2) is 45.4 Å². The van der Waals surface area contributed by atoms with Crippen molar-refractivity contribution >= 4 is 22.9 Å². The topological polar surface area (TPSA) is 56.6 Å². The van der Waals surface area contributed by atoms with Crippen molar-refractivity contribution in [3.8, 4) is 10.6 Å². The predicted molar refractivity (Wildman–Crippen MR) is 79.9 cm³/mol. The molecule has 2 aromatic rings. The Morgan fingerprint density at radius 3 is 2.65 bits per heavy atom. The van der Waals surface area contributed by atoms with E-state index in [-0.39, 0.29) is 0 Å². The molecular formula is C14H15ClN2O2S. The zero-order valence-electron chi connectivity index (χ0n) is 10.7. The molecule has 3 rings (SSSR count). The molecule has 6 heteroatoms. The molecule has 4 nitrogen and oxygen atoms in total. The van der Waals surface area contributed by atoms with Crippen molar-refractivity contribution in [2.45, 2.75) is 18.8 Å². The monoisotopic (exact) mass is 310 g/mol. The summed E-state index contributed by atoms with van der Waals surface area (Å²) in [7, 11) is 0. The first-order valence-electron chi connectivity index (χ1n) is 6.41. The molecule has 2 atom stereocenters. The molecule has 1 aromatic heterocycles. The average Bonchev–Trinajstić information content (AvgIpc) is 2.98. The SMILES string of the molecule is O[C@@H]1CN(Cc2csc(-c3ccccc3Cl)n2)C[C@@H]1O. The number of aliphatic hydroxyl groups is 2. The molecule has 20 heavy (non-hydrogen) atoms. The lowest BCUT2D eigenvalue weighted by molar-refractivity contribution is 0.0572. The number of rotatable bonds is 3. The van der Waals surface area contributed by atoms with Gasteiger partial charge < -0.3 is 10.2 Å². The van der Waals surface area contributed by atoms with Gasteiger partial charge in [-0.1, -0.05) is 29.8 Å². The van der Waals surface area contributed by atoms with Crippen molar-refractivity contribution in [2.75, 3.05) is 13.1 Å². The molecule has 0 radical (unpaired) electrons. The van der Waals surface area contributed by atoms with E-state index in [9.17, 15) is 10.2 Å².